The van der Waals surface area contributed by atoms with Crippen molar-refractivity contribution in [3.63, 3.8) is 0 Å². The monoisotopic (exact) mass is 345 g/mol. The van der Waals surface area contributed by atoms with E-state index in [0.29, 0.717) is 13.0 Å². The number of nitrogens with zero attached hydrogens (tertiary/aromatic N) is 4. The molecule has 25 heavy (non-hydrogen) atoms. The van der Waals surface area contributed by atoms with E-state index in [0.717, 1.165) is 35.7 Å². The highest BCUT2D eigenvalue weighted by atomic mass is 16.5. The largest absolute Gasteiger partial charge is 0.373 e. The molecule has 0 unspecified atom stereocenters. The molecule has 136 valence electrons. The molecule has 7 heteroatoms. The Morgan fingerprint density at radius 1 is 1.28 bits per heavy atom. The Bertz CT molecular complexity index is 777. The van der Waals surface area contributed by atoms with E-state index in [4.69, 9.17) is 4.74 Å². The molecule has 0 bridgehead atoms. The lowest BCUT2D eigenvalue weighted by Crippen LogP contribution is -2.32. The lowest BCUT2D eigenvalue weighted by molar-refractivity contribution is -0.120. The summed E-state index contributed by atoms with van der Waals surface area (Å²) in [4.78, 5) is 12.3. The number of amides is 1. The maximum Gasteiger partial charge on any atom is 0.224 e. The molecule has 1 aliphatic heterocycles. The van der Waals surface area contributed by atoms with E-state index >= 15 is 0 Å². The third-order valence-electron chi connectivity index (χ3n) is 5.31. The number of carbonyl (C=O) groups excluding carboxylic acids is 1. The molecular formula is C18H27N5O2. The SMILES string of the molecule is Cc1nn(C)c(C)c1[C@H]1OCC[C@@H]1CNC(=O)Cc1cnn(C)c1C. The van der Waals surface area contributed by atoms with Gasteiger partial charge in [-0.05, 0) is 27.2 Å². The zero-order chi connectivity index (χ0) is 18.1. The first-order chi connectivity index (χ1) is 11.9. The van der Waals surface area contributed by atoms with Crippen LogP contribution in [0.15, 0.2) is 6.20 Å². The Hall–Kier alpha value is -2.15. The number of carbonyl (C=O) groups is 1. The molecule has 0 radical (unpaired) electrons. The Morgan fingerprint density at radius 2 is 2.04 bits per heavy atom. The first-order valence-corrected chi connectivity index (χ1v) is 8.74. The van der Waals surface area contributed by atoms with Gasteiger partial charge < -0.3 is 10.1 Å². The summed E-state index contributed by atoms with van der Waals surface area (Å²) in [5.41, 5.74) is 5.31. The van der Waals surface area contributed by atoms with E-state index in [1.54, 1.807) is 10.9 Å². The second kappa shape index (κ2) is 7.00. The number of rotatable bonds is 5. The summed E-state index contributed by atoms with van der Waals surface area (Å²) in [7, 11) is 3.84. The zero-order valence-electron chi connectivity index (χ0n) is 15.7. The Labute approximate surface area is 148 Å². The number of ether oxygens (including phenoxy) is 1. The van der Waals surface area contributed by atoms with Crippen molar-refractivity contribution in [2.75, 3.05) is 13.2 Å². The van der Waals surface area contributed by atoms with Crippen LogP contribution in [0.25, 0.3) is 0 Å². The fraction of sp³-hybridized carbons (Fsp3) is 0.611. The predicted molar refractivity (Wildman–Crippen MR) is 94.1 cm³/mol. The van der Waals surface area contributed by atoms with Crippen molar-refractivity contribution in [1.82, 2.24) is 24.9 Å². The highest BCUT2D eigenvalue weighted by Gasteiger charge is 2.33. The number of nitrogens with one attached hydrogen (secondary N) is 1. The number of aryl methyl sites for hydroxylation is 3. The minimum atomic E-state index is 0.00845. The van der Waals surface area contributed by atoms with Crippen LogP contribution in [0, 0.1) is 26.7 Å². The number of aromatic nitrogens is 4. The molecule has 1 aliphatic rings. The molecule has 3 rings (SSSR count). The molecular weight excluding hydrogens is 318 g/mol. The van der Waals surface area contributed by atoms with Crippen molar-refractivity contribution in [2.45, 2.75) is 39.7 Å². The Balaban J connectivity index is 1.62. The van der Waals surface area contributed by atoms with Crippen molar-refractivity contribution in [2.24, 2.45) is 20.0 Å². The van der Waals surface area contributed by atoms with Gasteiger partial charge in [0.15, 0.2) is 0 Å². The quantitative estimate of drug-likeness (QED) is 0.891. The summed E-state index contributed by atoms with van der Waals surface area (Å²) >= 11 is 0. The standard InChI is InChI=1S/C18H27N5O2/c1-11-17(13(3)23(5)21-11)18-14(6-7-25-18)9-19-16(24)8-15-10-20-22(4)12(15)2/h10,14,18H,6-9H2,1-5H3,(H,19,24)/t14-,18+/m1/s1. The molecule has 0 aromatic carbocycles. The molecule has 0 saturated carbocycles. The molecule has 1 N–H and O–H groups in total. The van der Waals surface area contributed by atoms with Gasteiger partial charge in [-0.3, -0.25) is 14.2 Å². The lowest BCUT2D eigenvalue weighted by Gasteiger charge is -2.20. The molecule has 2 atom stereocenters. The van der Waals surface area contributed by atoms with Gasteiger partial charge in [-0.15, -0.1) is 0 Å². The van der Waals surface area contributed by atoms with Gasteiger partial charge in [0.1, 0.15) is 0 Å². The summed E-state index contributed by atoms with van der Waals surface area (Å²) in [6.45, 7) is 7.41. The molecule has 2 aromatic heterocycles. The van der Waals surface area contributed by atoms with E-state index in [-0.39, 0.29) is 17.9 Å². The Kier molecular flexibility index (Phi) is 4.94. The van der Waals surface area contributed by atoms with Crippen LogP contribution in [0.5, 0.6) is 0 Å². The van der Waals surface area contributed by atoms with E-state index in [2.05, 4.69) is 22.4 Å². The van der Waals surface area contributed by atoms with Gasteiger partial charge in [-0.25, -0.2) is 0 Å². The number of hydrogen-bond acceptors (Lipinski definition) is 4. The minimum Gasteiger partial charge on any atom is -0.373 e. The van der Waals surface area contributed by atoms with Crippen molar-refractivity contribution in [3.8, 4) is 0 Å². The first kappa shape index (κ1) is 17.7. The van der Waals surface area contributed by atoms with Crippen LogP contribution in [-0.2, 0) is 30.0 Å². The zero-order valence-corrected chi connectivity index (χ0v) is 15.7. The van der Waals surface area contributed by atoms with Gasteiger partial charge in [0, 0.05) is 55.7 Å². The number of hydrogen-bond donors (Lipinski definition) is 1. The summed E-state index contributed by atoms with van der Waals surface area (Å²) in [5, 5.41) is 11.8. The lowest BCUT2D eigenvalue weighted by atomic mass is 9.94. The maximum atomic E-state index is 12.3. The normalized spacial score (nSPS) is 20.2. The van der Waals surface area contributed by atoms with Crippen molar-refractivity contribution >= 4 is 5.91 Å². The first-order valence-electron chi connectivity index (χ1n) is 8.74. The topological polar surface area (TPSA) is 74.0 Å². The fourth-order valence-corrected chi connectivity index (χ4v) is 3.56. The van der Waals surface area contributed by atoms with Crippen LogP contribution in [0.1, 0.15) is 40.7 Å². The van der Waals surface area contributed by atoms with Gasteiger partial charge in [0.25, 0.3) is 0 Å². The van der Waals surface area contributed by atoms with Crippen LogP contribution in [-0.4, -0.2) is 38.6 Å². The summed E-state index contributed by atoms with van der Waals surface area (Å²) < 4.78 is 9.67. The smallest absolute Gasteiger partial charge is 0.224 e. The second-order valence-electron chi connectivity index (χ2n) is 6.91. The molecule has 2 aromatic rings. The van der Waals surface area contributed by atoms with Gasteiger partial charge in [-0.2, -0.15) is 10.2 Å². The maximum absolute atomic E-state index is 12.3. The van der Waals surface area contributed by atoms with Gasteiger partial charge in [-0.1, -0.05) is 0 Å². The van der Waals surface area contributed by atoms with Crippen LogP contribution in [0.4, 0.5) is 0 Å². The molecule has 0 spiro atoms. The van der Waals surface area contributed by atoms with Crippen LogP contribution < -0.4 is 5.32 Å². The average molecular weight is 345 g/mol. The summed E-state index contributed by atoms with van der Waals surface area (Å²) in [6, 6.07) is 0. The van der Waals surface area contributed by atoms with Gasteiger partial charge >= 0.3 is 0 Å². The summed E-state index contributed by atoms with van der Waals surface area (Å²) in [6.07, 6.45) is 3.08. The Morgan fingerprint density at radius 3 is 2.64 bits per heavy atom. The third-order valence-corrected chi connectivity index (χ3v) is 5.31. The fourth-order valence-electron chi connectivity index (χ4n) is 3.56. The molecule has 1 saturated heterocycles. The molecule has 1 fully saturated rings. The van der Waals surface area contributed by atoms with E-state index in [9.17, 15) is 4.79 Å². The van der Waals surface area contributed by atoms with Crippen LogP contribution in [0.3, 0.4) is 0 Å². The predicted octanol–water partition coefficient (Wildman–Crippen LogP) is 1.52. The van der Waals surface area contributed by atoms with Crippen LogP contribution >= 0.6 is 0 Å². The molecule has 1 amide bonds. The van der Waals surface area contributed by atoms with Gasteiger partial charge in [0.2, 0.25) is 5.91 Å². The minimum absolute atomic E-state index is 0.00845. The van der Waals surface area contributed by atoms with E-state index in [1.807, 2.05) is 32.6 Å². The van der Waals surface area contributed by atoms with Crippen molar-refractivity contribution in [1.29, 1.82) is 0 Å². The third kappa shape index (κ3) is 3.46. The average Bonchev–Trinajstić information content (AvgIpc) is 3.21. The van der Waals surface area contributed by atoms with Crippen molar-refractivity contribution in [3.05, 3.63) is 34.4 Å². The highest BCUT2D eigenvalue weighted by molar-refractivity contribution is 5.78. The van der Waals surface area contributed by atoms with E-state index < -0.39 is 0 Å². The summed E-state index contributed by atoms with van der Waals surface area (Å²) in [5.74, 6) is 0.307. The highest BCUT2D eigenvalue weighted by Crippen LogP contribution is 2.37. The molecule has 7 nitrogen and oxygen atoms in total. The van der Waals surface area contributed by atoms with Crippen molar-refractivity contribution < 1.29 is 9.53 Å². The molecule has 0 aliphatic carbocycles. The molecule has 3 heterocycles. The second-order valence-corrected chi connectivity index (χ2v) is 6.91. The van der Waals surface area contributed by atoms with Gasteiger partial charge in [0.05, 0.1) is 24.4 Å². The van der Waals surface area contributed by atoms with Crippen LogP contribution in [0.2, 0.25) is 0 Å². The van der Waals surface area contributed by atoms with E-state index in [1.165, 1.54) is 5.56 Å².